The van der Waals surface area contributed by atoms with Crippen LogP contribution in [0.15, 0.2) is 12.7 Å². The van der Waals surface area contributed by atoms with Gasteiger partial charge in [0.2, 0.25) is 0 Å². The SMILES string of the molecule is C=CCCC(C)CCC.CC. The average molecular weight is 156 g/mol. The lowest BCUT2D eigenvalue weighted by atomic mass is 10.0. The summed E-state index contributed by atoms with van der Waals surface area (Å²) in [5, 5.41) is 0. The van der Waals surface area contributed by atoms with Gasteiger partial charge in [-0.15, -0.1) is 6.58 Å². The van der Waals surface area contributed by atoms with Crippen molar-refractivity contribution in [2.75, 3.05) is 0 Å². The highest BCUT2D eigenvalue weighted by molar-refractivity contribution is 4.67. The molecule has 0 heterocycles. The first-order valence-corrected chi connectivity index (χ1v) is 4.92. The summed E-state index contributed by atoms with van der Waals surface area (Å²) >= 11 is 0. The second-order valence-corrected chi connectivity index (χ2v) is 2.76. The summed E-state index contributed by atoms with van der Waals surface area (Å²) in [6.45, 7) is 12.2. The topological polar surface area (TPSA) is 0 Å². The van der Waals surface area contributed by atoms with Gasteiger partial charge in [0.05, 0.1) is 0 Å². The van der Waals surface area contributed by atoms with E-state index in [0.717, 1.165) is 5.92 Å². The van der Waals surface area contributed by atoms with Crippen LogP contribution in [0.3, 0.4) is 0 Å². The lowest BCUT2D eigenvalue weighted by Crippen LogP contribution is -1.91. The Morgan fingerprint density at radius 3 is 2.18 bits per heavy atom. The monoisotopic (exact) mass is 156 g/mol. The van der Waals surface area contributed by atoms with Crippen LogP contribution in [-0.4, -0.2) is 0 Å². The molecule has 0 aliphatic rings. The summed E-state index contributed by atoms with van der Waals surface area (Å²) in [6, 6.07) is 0. The normalized spacial score (nSPS) is 11.3. The standard InChI is InChI=1S/C9H18.C2H6/c1-4-6-8-9(3)7-5-2;1-2/h4,9H,1,5-8H2,2-3H3;1-2H3. The molecule has 0 heteroatoms. The molecule has 0 spiro atoms. The molecule has 0 N–H and O–H groups in total. The first kappa shape index (κ1) is 13.3. The van der Waals surface area contributed by atoms with Crippen molar-refractivity contribution in [3.63, 3.8) is 0 Å². The summed E-state index contributed by atoms with van der Waals surface area (Å²) in [5.41, 5.74) is 0. The molecule has 0 saturated carbocycles. The molecule has 68 valence electrons. The molecule has 1 atom stereocenters. The largest absolute Gasteiger partial charge is 0.103 e. The quantitative estimate of drug-likeness (QED) is 0.517. The van der Waals surface area contributed by atoms with E-state index in [4.69, 9.17) is 0 Å². The van der Waals surface area contributed by atoms with Gasteiger partial charge in [0, 0.05) is 0 Å². The minimum absolute atomic E-state index is 0.896. The van der Waals surface area contributed by atoms with E-state index in [9.17, 15) is 0 Å². The van der Waals surface area contributed by atoms with Gasteiger partial charge in [0.1, 0.15) is 0 Å². The Bertz CT molecular complexity index is 64.4. The number of rotatable bonds is 5. The van der Waals surface area contributed by atoms with E-state index >= 15 is 0 Å². The average Bonchev–Trinajstić information content (AvgIpc) is 2.05. The van der Waals surface area contributed by atoms with Gasteiger partial charge in [-0.3, -0.25) is 0 Å². The molecule has 0 aromatic carbocycles. The van der Waals surface area contributed by atoms with Crippen molar-refractivity contribution >= 4 is 0 Å². The van der Waals surface area contributed by atoms with E-state index in [1.807, 2.05) is 19.9 Å². The third-order valence-electron chi connectivity index (χ3n) is 1.65. The Morgan fingerprint density at radius 1 is 1.27 bits per heavy atom. The predicted octanol–water partition coefficient (Wildman–Crippen LogP) is 4.42. The van der Waals surface area contributed by atoms with Crippen LogP contribution in [0.25, 0.3) is 0 Å². The van der Waals surface area contributed by atoms with Gasteiger partial charge >= 0.3 is 0 Å². The summed E-state index contributed by atoms with van der Waals surface area (Å²) in [6.07, 6.45) is 7.19. The molecule has 0 aromatic heterocycles. The third-order valence-corrected chi connectivity index (χ3v) is 1.65. The zero-order chi connectivity index (χ0) is 9.11. The molecule has 1 unspecified atom stereocenters. The van der Waals surface area contributed by atoms with E-state index in [2.05, 4.69) is 20.4 Å². The Kier molecular flexibility index (Phi) is 15.1. The molecule has 0 aliphatic heterocycles. The third kappa shape index (κ3) is 12.8. The smallest absolute Gasteiger partial charge is 0.0351 e. The minimum Gasteiger partial charge on any atom is -0.103 e. The Labute approximate surface area is 72.7 Å². The van der Waals surface area contributed by atoms with E-state index < -0.39 is 0 Å². The van der Waals surface area contributed by atoms with Crippen LogP contribution >= 0.6 is 0 Å². The van der Waals surface area contributed by atoms with Crippen LogP contribution in [0.2, 0.25) is 0 Å². The Hall–Kier alpha value is -0.260. The van der Waals surface area contributed by atoms with Crippen LogP contribution in [0.4, 0.5) is 0 Å². The fourth-order valence-electron chi connectivity index (χ4n) is 1.04. The maximum absolute atomic E-state index is 3.69. The summed E-state index contributed by atoms with van der Waals surface area (Å²) in [7, 11) is 0. The molecule has 0 bridgehead atoms. The molecular weight excluding hydrogens is 132 g/mol. The van der Waals surface area contributed by atoms with Crippen molar-refractivity contribution in [2.24, 2.45) is 5.92 Å². The molecule has 0 aliphatic carbocycles. The first-order chi connectivity index (χ1) is 5.31. The van der Waals surface area contributed by atoms with Crippen LogP contribution in [0.1, 0.15) is 53.4 Å². The molecule has 0 aromatic rings. The summed E-state index contributed by atoms with van der Waals surface area (Å²) in [5.74, 6) is 0.896. The summed E-state index contributed by atoms with van der Waals surface area (Å²) < 4.78 is 0. The molecular formula is C11H24. The van der Waals surface area contributed by atoms with Crippen molar-refractivity contribution < 1.29 is 0 Å². The molecule has 0 radical (unpaired) electrons. The predicted molar refractivity (Wildman–Crippen MR) is 54.9 cm³/mol. The van der Waals surface area contributed by atoms with Gasteiger partial charge in [-0.25, -0.2) is 0 Å². The molecule has 11 heavy (non-hydrogen) atoms. The molecule has 0 amide bonds. The van der Waals surface area contributed by atoms with Crippen LogP contribution in [-0.2, 0) is 0 Å². The molecule has 0 fully saturated rings. The van der Waals surface area contributed by atoms with Crippen LogP contribution in [0.5, 0.6) is 0 Å². The molecule has 0 saturated heterocycles. The van der Waals surface area contributed by atoms with Gasteiger partial charge in [-0.2, -0.15) is 0 Å². The van der Waals surface area contributed by atoms with Gasteiger partial charge in [-0.1, -0.05) is 46.6 Å². The highest BCUT2D eigenvalue weighted by Crippen LogP contribution is 2.11. The Balaban J connectivity index is 0. The fourth-order valence-corrected chi connectivity index (χ4v) is 1.04. The zero-order valence-corrected chi connectivity index (χ0v) is 8.69. The van der Waals surface area contributed by atoms with Gasteiger partial charge in [-0.05, 0) is 18.8 Å². The van der Waals surface area contributed by atoms with Crippen LogP contribution in [0, 0.1) is 5.92 Å². The lowest BCUT2D eigenvalue weighted by molar-refractivity contribution is 0.491. The van der Waals surface area contributed by atoms with Crippen molar-refractivity contribution in [1.29, 1.82) is 0 Å². The van der Waals surface area contributed by atoms with E-state index in [1.165, 1.54) is 25.7 Å². The highest BCUT2D eigenvalue weighted by Gasteiger charge is 1.96. The second kappa shape index (κ2) is 12.4. The second-order valence-electron chi connectivity index (χ2n) is 2.76. The Morgan fingerprint density at radius 2 is 1.82 bits per heavy atom. The van der Waals surface area contributed by atoms with Crippen molar-refractivity contribution in [1.82, 2.24) is 0 Å². The number of allylic oxidation sites excluding steroid dienone is 1. The van der Waals surface area contributed by atoms with E-state index in [-0.39, 0.29) is 0 Å². The molecule has 0 rings (SSSR count). The van der Waals surface area contributed by atoms with Gasteiger partial charge < -0.3 is 0 Å². The summed E-state index contributed by atoms with van der Waals surface area (Å²) in [4.78, 5) is 0. The van der Waals surface area contributed by atoms with E-state index in [0.29, 0.717) is 0 Å². The van der Waals surface area contributed by atoms with Crippen molar-refractivity contribution in [3.05, 3.63) is 12.7 Å². The maximum Gasteiger partial charge on any atom is -0.0351 e. The van der Waals surface area contributed by atoms with Crippen molar-refractivity contribution in [2.45, 2.75) is 53.4 Å². The van der Waals surface area contributed by atoms with Crippen LogP contribution < -0.4 is 0 Å². The number of hydrogen-bond donors (Lipinski definition) is 0. The maximum atomic E-state index is 3.69. The first-order valence-electron chi connectivity index (χ1n) is 4.92. The molecule has 0 nitrogen and oxygen atoms in total. The minimum atomic E-state index is 0.896. The highest BCUT2D eigenvalue weighted by atomic mass is 14.0. The van der Waals surface area contributed by atoms with Gasteiger partial charge in [0.25, 0.3) is 0 Å². The van der Waals surface area contributed by atoms with Crippen molar-refractivity contribution in [3.8, 4) is 0 Å². The lowest BCUT2D eigenvalue weighted by Gasteiger charge is -2.05. The zero-order valence-electron chi connectivity index (χ0n) is 8.69. The fraction of sp³-hybridized carbons (Fsp3) is 0.818. The van der Waals surface area contributed by atoms with E-state index in [1.54, 1.807) is 0 Å². The van der Waals surface area contributed by atoms with Gasteiger partial charge in [0.15, 0.2) is 0 Å². The number of hydrogen-bond acceptors (Lipinski definition) is 0.